The molecule has 4 atom stereocenters. The maximum absolute atomic E-state index is 12.5. The van der Waals surface area contributed by atoms with E-state index in [1.165, 1.54) is 44.9 Å². The molecule has 2 aliphatic carbocycles. The first kappa shape index (κ1) is 32.7. The van der Waals surface area contributed by atoms with Crippen LogP contribution < -0.4 is 5.32 Å². The van der Waals surface area contributed by atoms with Crippen LogP contribution in [0.5, 0.6) is 0 Å². The number of hydrogen-bond acceptors (Lipinski definition) is 8. The maximum Gasteiger partial charge on any atom is 0.410 e. The summed E-state index contributed by atoms with van der Waals surface area (Å²) in [4.78, 5) is 45.1. The average Bonchev–Trinajstić information content (AvgIpc) is 3.09. The molecule has 11 heteroatoms. The van der Waals surface area contributed by atoms with E-state index in [1.807, 2.05) is 11.8 Å². The van der Waals surface area contributed by atoms with Crippen molar-refractivity contribution < 1.29 is 28.6 Å². The van der Waals surface area contributed by atoms with E-state index in [4.69, 9.17) is 14.2 Å². The summed E-state index contributed by atoms with van der Waals surface area (Å²) >= 11 is 0. The van der Waals surface area contributed by atoms with Crippen LogP contribution in [-0.4, -0.2) is 127 Å². The number of rotatable bonds is 4. The van der Waals surface area contributed by atoms with Crippen molar-refractivity contribution in [2.45, 2.75) is 127 Å². The van der Waals surface area contributed by atoms with Gasteiger partial charge in [0.15, 0.2) is 0 Å². The Hall–Kier alpha value is -2.27. The molecule has 0 unspecified atom stereocenters. The zero-order valence-electron chi connectivity index (χ0n) is 27.5. The summed E-state index contributed by atoms with van der Waals surface area (Å²) in [6, 6.07) is 2.15. The smallest absolute Gasteiger partial charge is 0.410 e. The predicted octanol–water partition coefficient (Wildman–Crippen LogP) is 4.83. The summed E-state index contributed by atoms with van der Waals surface area (Å²) in [5.41, 5.74) is 0. The molecule has 11 nitrogen and oxygen atoms in total. The lowest BCUT2D eigenvalue weighted by molar-refractivity contribution is -0.0408. The third-order valence-corrected chi connectivity index (χ3v) is 11.8. The van der Waals surface area contributed by atoms with Gasteiger partial charge in [-0.25, -0.2) is 14.4 Å². The minimum Gasteiger partial charge on any atom is -0.450 e. The molecule has 254 valence electrons. The van der Waals surface area contributed by atoms with Gasteiger partial charge < -0.3 is 39.1 Å². The Morgan fingerprint density at radius 2 is 1.18 bits per heavy atom. The zero-order valence-corrected chi connectivity index (χ0v) is 27.5. The van der Waals surface area contributed by atoms with Crippen LogP contribution in [0, 0.1) is 11.8 Å². The van der Waals surface area contributed by atoms with Gasteiger partial charge in [-0.1, -0.05) is 25.7 Å². The Balaban J connectivity index is 0.000000179. The van der Waals surface area contributed by atoms with E-state index in [9.17, 15) is 14.4 Å². The van der Waals surface area contributed by atoms with E-state index in [0.717, 1.165) is 84.2 Å². The van der Waals surface area contributed by atoms with Gasteiger partial charge in [-0.3, -0.25) is 0 Å². The first-order chi connectivity index (χ1) is 22.0. The molecule has 0 aromatic rings. The summed E-state index contributed by atoms with van der Waals surface area (Å²) in [6.07, 6.45) is 15.8. The van der Waals surface area contributed by atoms with Crippen LogP contribution in [-0.2, 0) is 14.2 Å². The number of amides is 3. The van der Waals surface area contributed by atoms with Gasteiger partial charge in [0, 0.05) is 68.2 Å². The van der Waals surface area contributed by atoms with Crippen molar-refractivity contribution in [3.05, 3.63) is 0 Å². The van der Waals surface area contributed by atoms with Crippen LogP contribution in [0.3, 0.4) is 0 Å². The van der Waals surface area contributed by atoms with Gasteiger partial charge in [-0.2, -0.15) is 0 Å². The van der Waals surface area contributed by atoms with Crippen LogP contribution in [0.25, 0.3) is 0 Å². The molecule has 2 saturated carbocycles. The largest absolute Gasteiger partial charge is 0.450 e. The molecule has 5 aliphatic heterocycles. The Bertz CT molecular complexity index is 994. The highest BCUT2D eigenvalue weighted by atomic mass is 16.6. The quantitative estimate of drug-likeness (QED) is 0.440. The predicted molar refractivity (Wildman–Crippen MR) is 170 cm³/mol. The second kappa shape index (κ2) is 15.5. The number of hydrogen-bond donors (Lipinski definition) is 1. The second-order valence-corrected chi connectivity index (χ2v) is 14.4. The first-order valence-electron chi connectivity index (χ1n) is 18.3. The van der Waals surface area contributed by atoms with Gasteiger partial charge in [0.25, 0.3) is 0 Å². The van der Waals surface area contributed by atoms with Crippen molar-refractivity contribution in [2.75, 3.05) is 59.1 Å². The van der Waals surface area contributed by atoms with E-state index < -0.39 is 0 Å². The Kier molecular flexibility index (Phi) is 11.3. The summed E-state index contributed by atoms with van der Waals surface area (Å²) in [5.74, 6) is 1.13. The topological polar surface area (TPSA) is 104 Å². The standard InChI is InChI=1S/C21H35N3O4.C13H22N2O2/c1-2-27-20(25)23-13-7-17(8-14-23)22-11-9-18(10-12-22)24-19-6-4-3-5-16(19)15-28-21(24)26;16-13-15(11-5-7-14-8-6-11)12-4-2-1-3-10(12)9-17-13/h16-19H,2-15H2,1H3;10-12,14H,1-9H2/t16-,19+;10-,12+/m11/s1. The molecular formula is C34H57N5O6. The normalized spacial score (nSPS) is 32.4. The highest BCUT2D eigenvalue weighted by Crippen LogP contribution is 2.37. The van der Waals surface area contributed by atoms with Crippen molar-refractivity contribution in [2.24, 2.45) is 11.8 Å². The van der Waals surface area contributed by atoms with Crippen molar-refractivity contribution in [1.29, 1.82) is 0 Å². The molecular weight excluding hydrogens is 574 g/mol. The second-order valence-electron chi connectivity index (χ2n) is 14.4. The molecule has 7 rings (SSSR count). The van der Waals surface area contributed by atoms with Crippen molar-refractivity contribution >= 4 is 18.3 Å². The van der Waals surface area contributed by atoms with Gasteiger partial charge in [0.2, 0.25) is 0 Å². The van der Waals surface area contributed by atoms with E-state index >= 15 is 0 Å². The van der Waals surface area contributed by atoms with Gasteiger partial charge in [0.05, 0.1) is 19.8 Å². The summed E-state index contributed by atoms with van der Waals surface area (Å²) < 4.78 is 16.0. The molecule has 1 N–H and O–H groups in total. The fourth-order valence-electron chi connectivity index (χ4n) is 9.36. The monoisotopic (exact) mass is 631 g/mol. The molecule has 3 amide bonds. The van der Waals surface area contributed by atoms with Crippen LogP contribution in [0.15, 0.2) is 0 Å². The van der Waals surface area contributed by atoms with Crippen LogP contribution in [0.2, 0.25) is 0 Å². The lowest BCUT2D eigenvalue weighted by Gasteiger charge is -2.49. The molecule has 0 bridgehead atoms. The summed E-state index contributed by atoms with van der Waals surface area (Å²) in [6.45, 7) is 9.28. The number of carbonyl (C=O) groups excluding carboxylic acids is 3. The van der Waals surface area contributed by atoms with Crippen LogP contribution >= 0.6 is 0 Å². The number of piperidine rings is 3. The number of cyclic esters (lactones) is 2. The third kappa shape index (κ3) is 7.66. The van der Waals surface area contributed by atoms with Crippen LogP contribution in [0.4, 0.5) is 14.4 Å². The summed E-state index contributed by atoms with van der Waals surface area (Å²) in [7, 11) is 0. The lowest BCUT2D eigenvalue weighted by atomic mass is 9.82. The number of fused-ring (bicyclic) bond motifs is 2. The Labute approximate surface area is 269 Å². The van der Waals surface area contributed by atoms with Gasteiger partial charge >= 0.3 is 18.3 Å². The first-order valence-corrected chi connectivity index (χ1v) is 18.3. The molecule has 0 spiro atoms. The zero-order chi connectivity index (χ0) is 31.2. The van der Waals surface area contributed by atoms with Crippen molar-refractivity contribution in [3.8, 4) is 0 Å². The Morgan fingerprint density at radius 1 is 0.689 bits per heavy atom. The SMILES string of the molecule is CCOC(=O)N1CCC(N2CCC(N3C(=O)OC[C@H]4CCCC[C@@H]43)CC2)CC1.O=C1OC[C@H]2CCCC[C@@H]2N1C1CCNCC1. The molecule has 7 aliphatic rings. The van der Waals surface area contributed by atoms with Crippen molar-refractivity contribution in [3.63, 3.8) is 0 Å². The van der Waals surface area contributed by atoms with Gasteiger partial charge in [-0.05, 0) is 84.2 Å². The number of likely N-dealkylation sites (tertiary alicyclic amines) is 2. The molecule has 0 radical (unpaired) electrons. The molecule has 0 aromatic carbocycles. The number of nitrogens with zero attached hydrogens (tertiary/aromatic N) is 4. The fourth-order valence-corrected chi connectivity index (χ4v) is 9.36. The average molecular weight is 632 g/mol. The minimum atomic E-state index is -0.176. The van der Waals surface area contributed by atoms with E-state index in [2.05, 4.69) is 20.0 Å². The molecule has 0 aromatic heterocycles. The number of carbonyl (C=O) groups is 3. The van der Waals surface area contributed by atoms with Crippen LogP contribution in [0.1, 0.15) is 96.8 Å². The minimum absolute atomic E-state index is 0.0555. The van der Waals surface area contributed by atoms with E-state index in [1.54, 1.807) is 0 Å². The van der Waals surface area contributed by atoms with E-state index in [0.29, 0.717) is 61.9 Å². The molecule has 7 fully saturated rings. The lowest BCUT2D eigenvalue weighted by Crippen LogP contribution is -2.59. The van der Waals surface area contributed by atoms with Gasteiger partial charge in [-0.15, -0.1) is 0 Å². The number of ether oxygens (including phenoxy) is 3. The highest BCUT2D eigenvalue weighted by molar-refractivity contribution is 5.70. The fraction of sp³-hybridized carbons (Fsp3) is 0.912. The summed E-state index contributed by atoms with van der Waals surface area (Å²) in [5, 5.41) is 3.36. The Morgan fingerprint density at radius 3 is 1.71 bits per heavy atom. The molecule has 5 saturated heterocycles. The third-order valence-electron chi connectivity index (χ3n) is 11.8. The van der Waals surface area contributed by atoms with E-state index in [-0.39, 0.29) is 18.3 Å². The molecule has 5 heterocycles. The maximum atomic E-state index is 12.5. The molecule has 45 heavy (non-hydrogen) atoms. The highest BCUT2D eigenvalue weighted by Gasteiger charge is 2.44. The number of nitrogens with one attached hydrogen (secondary N) is 1. The van der Waals surface area contributed by atoms with Gasteiger partial charge in [0.1, 0.15) is 0 Å². The van der Waals surface area contributed by atoms with Crippen molar-refractivity contribution in [1.82, 2.24) is 24.9 Å².